The Labute approximate surface area is 138 Å². The van der Waals surface area contributed by atoms with Gasteiger partial charge in [-0.15, -0.1) is 0 Å². The van der Waals surface area contributed by atoms with Crippen molar-refractivity contribution in [2.75, 3.05) is 13.1 Å². The summed E-state index contributed by atoms with van der Waals surface area (Å²) in [6, 6.07) is -1.95. The minimum Gasteiger partial charge on any atom is -0.481 e. The van der Waals surface area contributed by atoms with Crippen LogP contribution in [-0.2, 0) is 19.2 Å². The van der Waals surface area contributed by atoms with Crippen molar-refractivity contribution in [3.63, 3.8) is 0 Å². The van der Waals surface area contributed by atoms with Crippen LogP contribution in [0, 0.1) is 11.8 Å². The Morgan fingerprint density at radius 2 is 1.21 bits per heavy atom. The zero-order valence-corrected chi connectivity index (χ0v) is 13.2. The Morgan fingerprint density at radius 1 is 0.875 bits per heavy atom. The maximum atomic E-state index is 12.1. The maximum absolute atomic E-state index is 12.1. The lowest BCUT2D eigenvalue weighted by atomic mass is 9.91. The molecule has 0 saturated carbocycles. The second kappa shape index (κ2) is 9.18. The van der Waals surface area contributed by atoms with Gasteiger partial charge in [-0.2, -0.15) is 0 Å². The van der Waals surface area contributed by atoms with Gasteiger partial charge in [0, 0.05) is 0 Å². The third kappa shape index (κ3) is 5.46. The number of carboxylic acid groups (broad SMARTS) is 2. The fraction of sp³-hybridized carbons (Fsp3) is 0.714. The van der Waals surface area contributed by atoms with E-state index in [1.807, 2.05) is 0 Å². The standard InChI is InChI=1S/C14H24N4O6/c15-3-1-7(13(21)22)5-9-11(19)18-10(12(20)17-9)6-8(2-4-16)14(23)24/h7-10H,1-6,15-16H2,(H,17,20)(H,18,19)(H,21,22)(H,23,24). The number of amides is 2. The normalized spacial score (nSPS) is 23.1. The summed E-state index contributed by atoms with van der Waals surface area (Å²) in [7, 11) is 0. The average Bonchev–Trinajstić information content (AvgIpc) is 2.50. The molecule has 1 aliphatic rings. The predicted molar refractivity (Wildman–Crippen MR) is 82.7 cm³/mol. The zero-order valence-electron chi connectivity index (χ0n) is 13.2. The molecule has 8 N–H and O–H groups in total. The van der Waals surface area contributed by atoms with E-state index >= 15 is 0 Å². The second-order valence-corrected chi connectivity index (χ2v) is 5.82. The van der Waals surface area contributed by atoms with Gasteiger partial charge in [-0.1, -0.05) is 0 Å². The first-order chi connectivity index (χ1) is 11.3. The van der Waals surface area contributed by atoms with Crippen LogP contribution in [0.4, 0.5) is 0 Å². The Morgan fingerprint density at radius 3 is 1.46 bits per heavy atom. The van der Waals surface area contributed by atoms with Gasteiger partial charge >= 0.3 is 11.9 Å². The van der Waals surface area contributed by atoms with Crippen LogP contribution in [0.5, 0.6) is 0 Å². The molecule has 0 aromatic rings. The van der Waals surface area contributed by atoms with Crippen LogP contribution >= 0.6 is 0 Å². The lowest BCUT2D eigenvalue weighted by Crippen LogP contribution is -2.62. The predicted octanol–water partition coefficient (Wildman–Crippen LogP) is -2.15. The van der Waals surface area contributed by atoms with Crippen molar-refractivity contribution in [3.8, 4) is 0 Å². The smallest absolute Gasteiger partial charge is 0.306 e. The van der Waals surface area contributed by atoms with Gasteiger partial charge in [0.1, 0.15) is 12.1 Å². The van der Waals surface area contributed by atoms with Crippen LogP contribution in [-0.4, -0.2) is 59.1 Å². The molecule has 0 aromatic carbocycles. The Bertz CT molecular complexity index is 454. The van der Waals surface area contributed by atoms with Gasteiger partial charge in [0.25, 0.3) is 0 Å². The van der Waals surface area contributed by atoms with Crippen molar-refractivity contribution in [3.05, 3.63) is 0 Å². The molecule has 0 bridgehead atoms. The summed E-state index contributed by atoms with van der Waals surface area (Å²) in [6.07, 6.45) is 0.246. The number of nitrogens with two attached hydrogens (primary N) is 2. The quantitative estimate of drug-likeness (QED) is 0.259. The van der Waals surface area contributed by atoms with Crippen LogP contribution in [0.25, 0.3) is 0 Å². The molecule has 1 aliphatic heterocycles. The largest absolute Gasteiger partial charge is 0.481 e. The van der Waals surface area contributed by atoms with Crippen molar-refractivity contribution in [1.82, 2.24) is 10.6 Å². The van der Waals surface area contributed by atoms with E-state index < -0.39 is 47.7 Å². The maximum Gasteiger partial charge on any atom is 0.306 e. The molecule has 10 heteroatoms. The topological polar surface area (TPSA) is 185 Å². The Kier molecular flexibility index (Phi) is 7.59. The van der Waals surface area contributed by atoms with E-state index in [2.05, 4.69) is 10.6 Å². The van der Waals surface area contributed by atoms with Gasteiger partial charge in [-0.25, -0.2) is 0 Å². The summed E-state index contributed by atoms with van der Waals surface area (Å²) in [5.41, 5.74) is 10.7. The molecule has 2 amide bonds. The van der Waals surface area contributed by atoms with Crippen LogP contribution in [0.3, 0.4) is 0 Å². The molecule has 136 valence electrons. The summed E-state index contributed by atoms with van der Waals surface area (Å²) in [5.74, 6) is -4.91. The summed E-state index contributed by atoms with van der Waals surface area (Å²) in [4.78, 5) is 46.5. The van der Waals surface area contributed by atoms with Crippen LogP contribution in [0.15, 0.2) is 0 Å². The first-order valence-electron chi connectivity index (χ1n) is 7.76. The Balaban J connectivity index is 2.69. The molecular weight excluding hydrogens is 320 g/mol. The average molecular weight is 344 g/mol. The first-order valence-corrected chi connectivity index (χ1v) is 7.76. The fourth-order valence-corrected chi connectivity index (χ4v) is 2.66. The number of carboxylic acids is 2. The minimum absolute atomic E-state index is 0.0675. The van der Waals surface area contributed by atoms with Crippen LogP contribution in [0.1, 0.15) is 25.7 Å². The summed E-state index contributed by atoms with van der Waals surface area (Å²) < 4.78 is 0. The van der Waals surface area contributed by atoms with E-state index in [-0.39, 0.29) is 38.8 Å². The molecule has 0 aliphatic carbocycles. The molecule has 10 nitrogen and oxygen atoms in total. The summed E-state index contributed by atoms with van der Waals surface area (Å²) in [5, 5.41) is 23.1. The van der Waals surface area contributed by atoms with Crippen molar-refractivity contribution in [2.24, 2.45) is 23.3 Å². The van der Waals surface area contributed by atoms with E-state index in [1.165, 1.54) is 0 Å². The number of carbonyl (C=O) groups is 4. The molecule has 0 spiro atoms. The number of hydrogen-bond acceptors (Lipinski definition) is 6. The molecule has 4 unspecified atom stereocenters. The van der Waals surface area contributed by atoms with Gasteiger partial charge in [0.05, 0.1) is 11.8 Å². The van der Waals surface area contributed by atoms with E-state index in [1.54, 1.807) is 0 Å². The van der Waals surface area contributed by atoms with Gasteiger partial charge in [-0.05, 0) is 38.8 Å². The zero-order chi connectivity index (χ0) is 18.3. The summed E-state index contributed by atoms with van der Waals surface area (Å²) in [6.45, 7) is 0.308. The molecular formula is C14H24N4O6. The highest BCUT2D eigenvalue weighted by atomic mass is 16.4. The number of hydrogen-bond donors (Lipinski definition) is 6. The SMILES string of the molecule is NCCC(CC1NC(=O)C(CC(CCN)C(=O)O)NC1=O)C(=O)O. The third-order valence-corrected chi connectivity index (χ3v) is 4.04. The number of carbonyl (C=O) groups excluding carboxylic acids is 2. The van der Waals surface area contributed by atoms with Crippen molar-refractivity contribution < 1.29 is 29.4 Å². The highest BCUT2D eigenvalue weighted by Gasteiger charge is 2.37. The van der Waals surface area contributed by atoms with Crippen molar-refractivity contribution >= 4 is 23.8 Å². The lowest BCUT2D eigenvalue weighted by Gasteiger charge is -2.31. The molecule has 24 heavy (non-hydrogen) atoms. The molecule has 4 atom stereocenters. The monoisotopic (exact) mass is 344 g/mol. The summed E-state index contributed by atoms with van der Waals surface area (Å²) >= 11 is 0. The molecule has 1 heterocycles. The highest BCUT2D eigenvalue weighted by molar-refractivity contribution is 5.97. The lowest BCUT2D eigenvalue weighted by molar-refractivity contribution is -0.146. The fourth-order valence-electron chi connectivity index (χ4n) is 2.66. The van der Waals surface area contributed by atoms with Crippen molar-refractivity contribution in [1.29, 1.82) is 0 Å². The Hall–Kier alpha value is -2.20. The number of piperazine rings is 1. The first kappa shape index (κ1) is 19.8. The van der Waals surface area contributed by atoms with Crippen LogP contribution in [0.2, 0.25) is 0 Å². The molecule has 1 saturated heterocycles. The van der Waals surface area contributed by atoms with E-state index in [0.29, 0.717) is 0 Å². The van der Waals surface area contributed by atoms with Crippen LogP contribution < -0.4 is 22.1 Å². The number of nitrogens with one attached hydrogen (secondary N) is 2. The molecule has 1 rings (SSSR count). The highest BCUT2D eigenvalue weighted by Crippen LogP contribution is 2.17. The van der Waals surface area contributed by atoms with Crippen molar-refractivity contribution in [2.45, 2.75) is 37.8 Å². The molecule has 0 aromatic heterocycles. The van der Waals surface area contributed by atoms with Gasteiger partial charge in [0.2, 0.25) is 11.8 Å². The number of rotatable bonds is 10. The molecule has 0 radical (unpaired) electrons. The van der Waals surface area contributed by atoms with Gasteiger partial charge < -0.3 is 32.3 Å². The van der Waals surface area contributed by atoms with E-state index in [4.69, 9.17) is 21.7 Å². The minimum atomic E-state index is -1.08. The van der Waals surface area contributed by atoms with Gasteiger partial charge in [0.15, 0.2) is 0 Å². The third-order valence-electron chi connectivity index (χ3n) is 4.04. The molecule has 1 fully saturated rings. The van der Waals surface area contributed by atoms with E-state index in [0.717, 1.165) is 0 Å². The van der Waals surface area contributed by atoms with E-state index in [9.17, 15) is 19.2 Å². The van der Waals surface area contributed by atoms with Gasteiger partial charge in [-0.3, -0.25) is 19.2 Å². The second-order valence-electron chi connectivity index (χ2n) is 5.82. The number of aliphatic carboxylic acids is 2.